The molecule has 7 heteroatoms. The first-order chi connectivity index (χ1) is 10.5. The first-order valence-corrected chi connectivity index (χ1v) is 8.64. The van der Waals surface area contributed by atoms with Crippen molar-refractivity contribution in [3.05, 3.63) is 36.7 Å². The van der Waals surface area contributed by atoms with Gasteiger partial charge in [-0.05, 0) is 19.1 Å². The molecule has 1 aliphatic heterocycles. The largest absolute Gasteiger partial charge is 0.374 e. The predicted molar refractivity (Wildman–Crippen MR) is 83.9 cm³/mol. The number of aromatic nitrogens is 1. The number of rotatable bonds is 3. The quantitative estimate of drug-likeness (QED) is 0.910. The first-order valence-electron chi connectivity index (χ1n) is 7.20. The Balaban J connectivity index is 2.01. The first kappa shape index (κ1) is 15.4. The van der Waals surface area contributed by atoms with Gasteiger partial charge < -0.3 is 10.5 Å². The van der Waals surface area contributed by atoms with Gasteiger partial charge in [0.05, 0.1) is 17.6 Å². The Labute approximate surface area is 129 Å². The number of sulfonamides is 1. The third kappa shape index (κ3) is 2.72. The SMILES string of the molecule is C[C@@H](N)[C@H]1CN(S(=O)(=O)c2cccc3cnccc23)CCO1. The Morgan fingerprint density at radius 1 is 1.41 bits per heavy atom. The van der Waals surface area contributed by atoms with Crippen molar-refractivity contribution < 1.29 is 13.2 Å². The molecule has 2 aromatic rings. The Hall–Kier alpha value is -1.54. The number of ether oxygens (including phenoxy) is 1. The lowest BCUT2D eigenvalue weighted by molar-refractivity contribution is -0.0119. The molecule has 1 aromatic carbocycles. The molecule has 0 amide bonds. The van der Waals surface area contributed by atoms with Crippen LogP contribution in [0.1, 0.15) is 6.92 Å². The van der Waals surface area contributed by atoms with Crippen LogP contribution < -0.4 is 5.73 Å². The summed E-state index contributed by atoms with van der Waals surface area (Å²) >= 11 is 0. The van der Waals surface area contributed by atoms with Crippen molar-refractivity contribution in [1.29, 1.82) is 0 Å². The predicted octanol–water partition coefficient (Wildman–Crippen LogP) is 0.971. The molecule has 0 saturated carbocycles. The molecule has 2 N–H and O–H groups in total. The summed E-state index contributed by atoms with van der Waals surface area (Å²) in [4.78, 5) is 4.34. The maximum absolute atomic E-state index is 13.0. The third-order valence-corrected chi connectivity index (χ3v) is 5.82. The number of pyridine rings is 1. The summed E-state index contributed by atoms with van der Waals surface area (Å²) < 4.78 is 33.0. The second-order valence-corrected chi connectivity index (χ2v) is 7.39. The van der Waals surface area contributed by atoms with Gasteiger partial charge in [0.15, 0.2) is 0 Å². The van der Waals surface area contributed by atoms with Gasteiger partial charge in [0.25, 0.3) is 0 Å². The second-order valence-electron chi connectivity index (χ2n) is 5.48. The average Bonchev–Trinajstić information content (AvgIpc) is 2.54. The highest BCUT2D eigenvalue weighted by Gasteiger charge is 2.33. The van der Waals surface area contributed by atoms with Crippen LogP contribution in [-0.4, -0.2) is 49.5 Å². The fraction of sp³-hybridized carbons (Fsp3) is 0.400. The van der Waals surface area contributed by atoms with Crippen LogP contribution in [0.2, 0.25) is 0 Å². The lowest BCUT2D eigenvalue weighted by Crippen LogP contribution is -2.51. The zero-order valence-electron chi connectivity index (χ0n) is 12.3. The lowest BCUT2D eigenvalue weighted by Gasteiger charge is -2.34. The minimum Gasteiger partial charge on any atom is -0.374 e. The molecule has 1 aromatic heterocycles. The number of hydrogen-bond acceptors (Lipinski definition) is 5. The highest BCUT2D eigenvalue weighted by molar-refractivity contribution is 7.89. The highest BCUT2D eigenvalue weighted by Crippen LogP contribution is 2.26. The topological polar surface area (TPSA) is 85.5 Å². The highest BCUT2D eigenvalue weighted by atomic mass is 32.2. The number of benzene rings is 1. The molecule has 0 aliphatic carbocycles. The standard InChI is InChI=1S/C15H19N3O3S/c1-11(16)14-10-18(7-8-21-14)22(19,20)15-4-2-3-12-9-17-6-5-13(12)15/h2-6,9,11,14H,7-8,10,16H2,1H3/t11-,14-/m1/s1. The van der Waals surface area contributed by atoms with Gasteiger partial charge in [-0.1, -0.05) is 12.1 Å². The van der Waals surface area contributed by atoms with E-state index in [2.05, 4.69) is 4.98 Å². The molecule has 22 heavy (non-hydrogen) atoms. The number of morpholine rings is 1. The van der Waals surface area contributed by atoms with Gasteiger partial charge in [-0.25, -0.2) is 8.42 Å². The Kier molecular flexibility index (Phi) is 4.14. The maximum Gasteiger partial charge on any atom is 0.243 e. The van der Waals surface area contributed by atoms with E-state index < -0.39 is 10.0 Å². The molecule has 1 aliphatic rings. The molecule has 2 heterocycles. The maximum atomic E-state index is 13.0. The number of fused-ring (bicyclic) bond motifs is 1. The van der Waals surface area contributed by atoms with Gasteiger partial charge in [0.2, 0.25) is 10.0 Å². The summed E-state index contributed by atoms with van der Waals surface area (Å²) in [5.41, 5.74) is 5.85. The van der Waals surface area contributed by atoms with Crippen LogP contribution in [0.4, 0.5) is 0 Å². The lowest BCUT2D eigenvalue weighted by atomic mass is 10.2. The molecular formula is C15H19N3O3S. The zero-order valence-corrected chi connectivity index (χ0v) is 13.2. The summed E-state index contributed by atoms with van der Waals surface area (Å²) in [6, 6.07) is 6.74. The van der Waals surface area contributed by atoms with Gasteiger partial charge in [-0.2, -0.15) is 4.31 Å². The monoisotopic (exact) mass is 321 g/mol. The van der Waals surface area contributed by atoms with Crippen LogP contribution in [0.15, 0.2) is 41.6 Å². The normalized spacial score (nSPS) is 21.8. The van der Waals surface area contributed by atoms with E-state index in [1.807, 2.05) is 13.0 Å². The van der Waals surface area contributed by atoms with Crippen molar-refractivity contribution in [2.45, 2.75) is 24.0 Å². The molecule has 0 radical (unpaired) electrons. The number of nitrogens with zero attached hydrogens (tertiary/aromatic N) is 2. The molecule has 3 rings (SSSR count). The average molecular weight is 321 g/mol. The molecule has 118 valence electrons. The Morgan fingerprint density at radius 3 is 3.00 bits per heavy atom. The van der Waals surface area contributed by atoms with Crippen molar-refractivity contribution in [2.24, 2.45) is 5.73 Å². The molecule has 1 saturated heterocycles. The van der Waals surface area contributed by atoms with Crippen molar-refractivity contribution in [3.63, 3.8) is 0 Å². The minimum atomic E-state index is -3.59. The van der Waals surface area contributed by atoms with E-state index in [0.717, 1.165) is 5.39 Å². The molecule has 2 atom stereocenters. The van der Waals surface area contributed by atoms with Crippen LogP contribution in [0.3, 0.4) is 0 Å². The third-order valence-electron chi connectivity index (χ3n) is 3.90. The number of nitrogens with two attached hydrogens (primary N) is 1. The summed E-state index contributed by atoms with van der Waals surface area (Å²) in [6.07, 6.45) is 2.99. The van der Waals surface area contributed by atoms with E-state index in [1.54, 1.807) is 30.6 Å². The van der Waals surface area contributed by atoms with Crippen molar-refractivity contribution in [1.82, 2.24) is 9.29 Å². The summed E-state index contributed by atoms with van der Waals surface area (Å²) in [6.45, 7) is 2.80. The van der Waals surface area contributed by atoms with Crippen molar-refractivity contribution >= 4 is 20.8 Å². The number of hydrogen-bond donors (Lipinski definition) is 1. The zero-order chi connectivity index (χ0) is 15.7. The minimum absolute atomic E-state index is 0.213. The Bertz CT molecular complexity index is 771. The van der Waals surface area contributed by atoms with Crippen molar-refractivity contribution in [2.75, 3.05) is 19.7 Å². The van der Waals surface area contributed by atoms with Crippen LogP contribution in [0.25, 0.3) is 10.8 Å². The summed E-state index contributed by atoms with van der Waals surface area (Å²) in [7, 11) is -3.59. The van der Waals surface area contributed by atoms with E-state index in [4.69, 9.17) is 10.5 Å². The van der Waals surface area contributed by atoms with Gasteiger partial charge >= 0.3 is 0 Å². The van der Waals surface area contributed by atoms with Crippen LogP contribution in [0, 0.1) is 0 Å². The molecule has 0 spiro atoms. The smallest absolute Gasteiger partial charge is 0.243 e. The van der Waals surface area contributed by atoms with Crippen LogP contribution >= 0.6 is 0 Å². The van der Waals surface area contributed by atoms with E-state index in [-0.39, 0.29) is 18.7 Å². The molecule has 0 bridgehead atoms. The van der Waals surface area contributed by atoms with E-state index >= 15 is 0 Å². The summed E-state index contributed by atoms with van der Waals surface area (Å²) in [5, 5.41) is 1.49. The van der Waals surface area contributed by atoms with Gasteiger partial charge in [0, 0.05) is 42.3 Å². The van der Waals surface area contributed by atoms with E-state index in [1.165, 1.54) is 4.31 Å². The fourth-order valence-electron chi connectivity index (χ4n) is 2.64. The van der Waals surface area contributed by atoms with Crippen molar-refractivity contribution in [3.8, 4) is 0 Å². The molecule has 1 fully saturated rings. The van der Waals surface area contributed by atoms with Gasteiger partial charge in [-0.3, -0.25) is 4.98 Å². The van der Waals surface area contributed by atoms with Crippen LogP contribution in [0.5, 0.6) is 0 Å². The van der Waals surface area contributed by atoms with E-state index in [0.29, 0.717) is 23.4 Å². The Morgan fingerprint density at radius 2 is 2.23 bits per heavy atom. The van der Waals surface area contributed by atoms with Gasteiger partial charge in [-0.15, -0.1) is 0 Å². The summed E-state index contributed by atoms with van der Waals surface area (Å²) in [5.74, 6) is 0. The van der Waals surface area contributed by atoms with Crippen LogP contribution in [-0.2, 0) is 14.8 Å². The molecule has 6 nitrogen and oxygen atoms in total. The molecule has 0 unspecified atom stereocenters. The molecular weight excluding hydrogens is 302 g/mol. The van der Waals surface area contributed by atoms with E-state index in [9.17, 15) is 8.42 Å². The second kappa shape index (κ2) is 5.92. The van der Waals surface area contributed by atoms with Gasteiger partial charge in [0.1, 0.15) is 0 Å². The fourth-order valence-corrected chi connectivity index (χ4v) is 4.29.